The summed E-state index contributed by atoms with van der Waals surface area (Å²) in [6.45, 7) is 0.754. The van der Waals surface area contributed by atoms with Gasteiger partial charge < -0.3 is 15.4 Å². The van der Waals surface area contributed by atoms with Crippen LogP contribution in [0.3, 0.4) is 0 Å². The van der Waals surface area contributed by atoms with Gasteiger partial charge in [0, 0.05) is 18.0 Å². The summed E-state index contributed by atoms with van der Waals surface area (Å²) in [5, 5.41) is 0. The second kappa shape index (κ2) is 3.50. The zero-order valence-electron chi connectivity index (χ0n) is 8.66. The first kappa shape index (κ1) is 9.34. The standard InChI is InChI=1S/C11H16N2O/c1-13(2)10-6-7-14-11-8(10)4-3-5-9(11)12/h3-5,10H,6-7,12H2,1-2H3. The predicted octanol–water partition coefficient (Wildman–Crippen LogP) is 1.65. The molecule has 1 aromatic rings. The molecule has 3 nitrogen and oxygen atoms in total. The summed E-state index contributed by atoms with van der Waals surface area (Å²) in [5.74, 6) is 0.873. The fourth-order valence-electron chi connectivity index (χ4n) is 1.97. The smallest absolute Gasteiger partial charge is 0.146 e. The molecule has 0 saturated carbocycles. The van der Waals surface area contributed by atoms with Crippen molar-refractivity contribution in [2.75, 3.05) is 26.4 Å². The Hall–Kier alpha value is -1.22. The number of fused-ring (bicyclic) bond motifs is 1. The van der Waals surface area contributed by atoms with E-state index in [4.69, 9.17) is 10.5 Å². The minimum absolute atomic E-state index is 0.433. The van der Waals surface area contributed by atoms with E-state index < -0.39 is 0 Å². The largest absolute Gasteiger partial charge is 0.491 e. The summed E-state index contributed by atoms with van der Waals surface area (Å²) < 4.78 is 5.58. The minimum atomic E-state index is 0.433. The van der Waals surface area contributed by atoms with Crippen LogP contribution in [0.4, 0.5) is 5.69 Å². The van der Waals surface area contributed by atoms with Crippen molar-refractivity contribution in [1.82, 2.24) is 4.90 Å². The van der Waals surface area contributed by atoms with Crippen LogP contribution in [0, 0.1) is 0 Å². The molecule has 3 heteroatoms. The third-order valence-electron chi connectivity index (χ3n) is 2.70. The molecule has 0 aromatic heterocycles. The lowest BCUT2D eigenvalue weighted by atomic mass is 9.99. The molecule has 0 radical (unpaired) electrons. The van der Waals surface area contributed by atoms with E-state index >= 15 is 0 Å². The van der Waals surface area contributed by atoms with Gasteiger partial charge in [0.1, 0.15) is 5.75 Å². The van der Waals surface area contributed by atoms with Gasteiger partial charge >= 0.3 is 0 Å². The normalized spacial score (nSPS) is 20.4. The van der Waals surface area contributed by atoms with Crippen LogP contribution in [0.15, 0.2) is 18.2 Å². The maximum atomic E-state index is 5.86. The summed E-state index contributed by atoms with van der Waals surface area (Å²) in [5.41, 5.74) is 7.81. The quantitative estimate of drug-likeness (QED) is 0.688. The van der Waals surface area contributed by atoms with Crippen molar-refractivity contribution in [2.24, 2.45) is 0 Å². The summed E-state index contributed by atoms with van der Waals surface area (Å²) in [6.07, 6.45) is 1.03. The molecule has 1 heterocycles. The van der Waals surface area contributed by atoms with Gasteiger partial charge in [-0.05, 0) is 20.2 Å². The summed E-state index contributed by atoms with van der Waals surface area (Å²) in [7, 11) is 4.17. The average Bonchev–Trinajstić information content (AvgIpc) is 2.17. The van der Waals surface area contributed by atoms with E-state index in [1.54, 1.807) is 0 Å². The molecule has 0 aliphatic carbocycles. The minimum Gasteiger partial charge on any atom is -0.491 e. The van der Waals surface area contributed by atoms with Crippen molar-refractivity contribution in [3.8, 4) is 5.75 Å². The van der Waals surface area contributed by atoms with Gasteiger partial charge in [0.2, 0.25) is 0 Å². The van der Waals surface area contributed by atoms with E-state index in [1.807, 2.05) is 12.1 Å². The van der Waals surface area contributed by atoms with E-state index in [0.29, 0.717) is 6.04 Å². The van der Waals surface area contributed by atoms with Gasteiger partial charge in [0.25, 0.3) is 0 Å². The first-order valence-electron chi connectivity index (χ1n) is 4.88. The molecule has 2 rings (SSSR count). The van der Waals surface area contributed by atoms with E-state index in [-0.39, 0.29) is 0 Å². The van der Waals surface area contributed by atoms with Crippen LogP contribution in [-0.4, -0.2) is 25.6 Å². The zero-order chi connectivity index (χ0) is 10.1. The summed E-state index contributed by atoms with van der Waals surface area (Å²) >= 11 is 0. The van der Waals surface area contributed by atoms with Gasteiger partial charge in [0.15, 0.2) is 0 Å². The van der Waals surface area contributed by atoms with Crippen LogP contribution in [0.1, 0.15) is 18.0 Å². The maximum Gasteiger partial charge on any atom is 0.146 e. The monoisotopic (exact) mass is 192 g/mol. The SMILES string of the molecule is CN(C)C1CCOc2c(N)cccc21. The highest BCUT2D eigenvalue weighted by Crippen LogP contribution is 2.38. The summed E-state index contributed by atoms with van der Waals surface area (Å²) in [6, 6.07) is 6.40. The van der Waals surface area contributed by atoms with E-state index in [1.165, 1.54) is 5.56 Å². The van der Waals surface area contributed by atoms with Gasteiger partial charge in [-0.15, -0.1) is 0 Å². The Balaban J connectivity index is 2.44. The molecule has 76 valence electrons. The van der Waals surface area contributed by atoms with Crippen molar-refractivity contribution >= 4 is 5.69 Å². The Kier molecular flexibility index (Phi) is 2.33. The van der Waals surface area contributed by atoms with Gasteiger partial charge in [-0.2, -0.15) is 0 Å². The van der Waals surface area contributed by atoms with Gasteiger partial charge in [0.05, 0.1) is 12.3 Å². The number of nitrogens with two attached hydrogens (primary N) is 1. The molecular weight excluding hydrogens is 176 g/mol. The first-order chi connectivity index (χ1) is 6.70. The van der Waals surface area contributed by atoms with Gasteiger partial charge in [-0.1, -0.05) is 12.1 Å². The molecule has 1 aromatic carbocycles. The molecule has 14 heavy (non-hydrogen) atoms. The lowest BCUT2D eigenvalue weighted by molar-refractivity contribution is 0.190. The van der Waals surface area contributed by atoms with E-state index in [9.17, 15) is 0 Å². The van der Waals surface area contributed by atoms with Crippen molar-refractivity contribution in [3.63, 3.8) is 0 Å². The van der Waals surface area contributed by atoms with Gasteiger partial charge in [-0.25, -0.2) is 0 Å². The molecule has 0 saturated heterocycles. The van der Waals surface area contributed by atoms with Crippen LogP contribution in [0.5, 0.6) is 5.75 Å². The Morgan fingerprint density at radius 2 is 2.21 bits per heavy atom. The number of benzene rings is 1. The molecule has 1 aliphatic heterocycles. The topological polar surface area (TPSA) is 38.5 Å². The fourth-order valence-corrected chi connectivity index (χ4v) is 1.97. The lowest BCUT2D eigenvalue weighted by Crippen LogP contribution is -2.26. The Morgan fingerprint density at radius 3 is 2.93 bits per heavy atom. The second-order valence-corrected chi connectivity index (χ2v) is 3.88. The highest BCUT2D eigenvalue weighted by atomic mass is 16.5. The Bertz CT molecular complexity index is 336. The number of hydrogen-bond donors (Lipinski definition) is 1. The van der Waals surface area contributed by atoms with Crippen molar-refractivity contribution in [1.29, 1.82) is 0 Å². The van der Waals surface area contributed by atoms with Crippen LogP contribution >= 0.6 is 0 Å². The average molecular weight is 192 g/mol. The third kappa shape index (κ3) is 1.44. The number of ether oxygens (including phenoxy) is 1. The molecule has 0 amide bonds. The van der Waals surface area contributed by atoms with Gasteiger partial charge in [-0.3, -0.25) is 0 Å². The number of nitrogens with zero attached hydrogens (tertiary/aromatic N) is 1. The number of anilines is 1. The van der Waals surface area contributed by atoms with Crippen LogP contribution in [0.25, 0.3) is 0 Å². The Labute approximate surface area is 84.5 Å². The number of para-hydroxylation sites is 1. The van der Waals surface area contributed by atoms with Crippen molar-refractivity contribution in [2.45, 2.75) is 12.5 Å². The molecule has 0 bridgehead atoms. The predicted molar refractivity (Wildman–Crippen MR) is 57.4 cm³/mol. The first-order valence-corrected chi connectivity index (χ1v) is 4.88. The number of nitrogen functional groups attached to an aromatic ring is 1. The molecule has 1 atom stereocenters. The van der Waals surface area contributed by atoms with E-state index in [0.717, 1.165) is 24.5 Å². The third-order valence-corrected chi connectivity index (χ3v) is 2.70. The Morgan fingerprint density at radius 1 is 1.43 bits per heavy atom. The highest BCUT2D eigenvalue weighted by molar-refractivity contribution is 5.58. The molecule has 0 spiro atoms. The molecule has 2 N–H and O–H groups in total. The molecule has 1 aliphatic rings. The lowest BCUT2D eigenvalue weighted by Gasteiger charge is -2.31. The van der Waals surface area contributed by atoms with Crippen LogP contribution < -0.4 is 10.5 Å². The highest BCUT2D eigenvalue weighted by Gasteiger charge is 2.24. The van der Waals surface area contributed by atoms with E-state index in [2.05, 4.69) is 25.1 Å². The zero-order valence-corrected chi connectivity index (χ0v) is 8.66. The van der Waals surface area contributed by atoms with Crippen LogP contribution in [-0.2, 0) is 0 Å². The van der Waals surface area contributed by atoms with Crippen LogP contribution in [0.2, 0.25) is 0 Å². The number of hydrogen-bond acceptors (Lipinski definition) is 3. The molecule has 0 fully saturated rings. The van der Waals surface area contributed by atoms with Crippen molar-refractivity contribution < 1.29 is 4.74 Å². The second-order valence-electron chi connectivity index (χ2n) is 3.88. The number of rotatable bonds is 1. The van der Waals surface area contributed by atoms with Crippen molar-refractivity contribution in [3.05, 3.63) is 23.8 Å². The maximum absolute atomic E-state index is 5.86. The fraction of sp³-hybridized carbons (Fsp3) is 0.455. The summed E-state index contributed by atoms with van der Waals surface area (Å²) in [4.78, 5) is 2.21. The molecular formula is C11H16N2O. The molecule has 1 unspecified atom stereocenters.